The Morgan fingerprint density at radius 1 is 1.47 bits per heavy atom. The molecule has 0 fully saturated rings. The average molecular weight is 266 g/mol. The highest BCUT2D eigenvalue weighted by Crippen LogP contribution is 2.23. The van der Waals surface area contributed by atoms with Crippen LogP contribution in [-0.4, -0.2) is 10.8 Å². The van der Waals surface area contributed by atoms with E-state index >= 15 is 0 Å². The van der Waals surface area contributed by atoms with Crippen molar-refractivity contribution in [2.45, 2.75) is 20.3 Å². The lowest BCUT2D eigenvalue weighted by Crippen LogP contribution is -2.01. The molecule has 2 heterocycles. The molecule has 0 aromatic carbocycles. The number of aryl methyl sites for hydroxylation is 2. The van der Waals surface area contributed by atoms with Crippen LogP contribution in [0.2, 0.25) is 5.02 Å². The van der Waals surface area contributed by atoms with Crippen molar-refractivity contribution in [2.75, 3.05) is 0 Å². The Balaban J connectivity index is 2.20. The number of nitrogens with zero attached hydrogens (tertiary/aromatic N) is 1. The fraction of sp³-hybridized carbons (Fsp3) is 0.231. The number of carbonyl (C=O) groups is 1. The van der Waals surface area contributed by atoms with Gasteiger partial charge in [-0.25, -0.2) is 0 Å². The molecule has 0 amide bonds. The Hall–Kier alpha value is -1.19. The van der Waals surface area contributed by atoms with Crippen molar-refractivity contribution in [3.8, 4) is 0 Å². The Morgan fingerprint density at radius 2 is 2.24 bits per heavy atom. The molecule has 0 spiro atoms. The van der Waals surface area contributed by atoms with E-state index in [0.29, 0.717) is 11.4 Å². The number of rotatable bonds is 3. The minimum absolute atomic E-state index is 0.110. The summed E-state index contributed by atoms with van der Waals surface area (Å²) in [5.41, 5.74) is 1.99. The average Bonchev–Trinajstić information content (AvgIpc) is 2.63. The summed E-state index contributed by atoms with van der Waals surface area (Å²) >= 11 is 7.52. The maximum Gasteiger partial charge on any atom is 0.177 e. The molecule has 0 aliphatic carbocycles. The molecule has 0 N–H and O–H groups in total. The normalized spacial score (nSPS) is 10.5. The van der Waals surface area contributed by atoms with Gasteiger partial charge in [0.2, 0.25) is 0 Å². The zero-order chi connectivity index (χ0) is 12.4. The maximum absolute atomic E-state index is 12.1. The van der Waals surface area contributed by atoms with E-state index in [2.05, 4.69) is 4.98 Å². The molecule has 2 aromatic heterocycles. The highest BCUT2D eigenvalue weighted by Gasteiger charge is 2.12. The lowest BCUT2D eigenvalue weighted by atomic mass is 10.1. The molecule has 2 nitrogen and oxygen atoms in total. The molecule has 0 aliphatic heterocycles. The molecule has 0 aliphatic rings. The van der Waals surface area contributed by atoms with Crippen LogP contribution in [0.4, 0.5) is 0 Å². The van der Waals surface area contributed by atoms with E-state index in [1.165, 1.54) is 21.8 Å². The lowest BCUT2D eigenvalue weighted by molar-refractivity contribution is 0.0997. The summed E-state index contributed by atoms with van der Waals surface area (Å²) in [6, 6.07) is 3.73. The topological polar surface area (TPSA) is 30.0 Å². The maximum atomic E-state index is 12.1. The van der Waals surface area contributed by atoms with E-state index in [1.54, 1.807) is 18.5 Å². The third-order valence-corrected chi connectivity index (χ3v) is 4.18. The van der Waals surface area contributed by atoms with Crippen LogP contribution in [0.3, 0.4) is 0 Å². The number of carbonyl (C=O) groups excluding carboxylic acids is 1. The van der Waals surface area contributed by atoms with Crippen LogP contribution in [0.15, 0.2) is 24.5 Å². The first-order valence-electron chi connectivity index (χ1n) is 5.26. The first-order valence-corrected chi connectivity index (χ1v) is 6.46. The number of ketones is 1. The third kappa shape index (κ3) is 2.73. The van der Waals surface area contributed by atoms with E-state index in [0.717, 1.165) is 10.4 Å². The quantitative estimate of drug-likeness (QED) is 0.790. The second-order valence-corrected chi connectivity index (χ2v) is 5.58. The van der Waals surface area contributed by atoms with Crippen LogP contribution in [0.5, 0.6) is 0 Å². The molecule has 0 saturated carbocycles. The Bertz CT molecular complexity index is 543. The lowest BCUT2D eigenvalue weighted by Gasteiger charge is -2.01. The molecule has 17 heavy (non-hydrogen) atoms. The van der Waals surface area contributed by atoms with Gasteiger partial charge in [-0.1, -0.05) is 11.6 Å². The van der Waals surface area contributed by atoms with Gasteiger partial charge in [-0.05, 0) is 37.1 Å². The van der Waals surface area contributed by atoms with Gasteiger partial charge in [0, 0.05) is 23.7 Å². The summed E-state index contributed by atoms with van der Waals surface area (Å²) in [5, 5.41) is 0.547. The van der Waals surface area contributed by atoms with Gasteiger partial charge in [0.25, 0.3) is 0 Å². The SMILES string of the molecule is Cc1cc(C(=O)Cc2ccncc2Cl)sc1C. The van der Waals surface area contributed by atoms with Crippen molar-refractivity contribution in [2.24, 2.45) is 0 Å². The molecule has 2 rings (SSSR count). The summed E-state index contributed by atoms with van der Waals surface area (Å²) in [6.07, 6.45) is 3.55. The molecule has 2 aromatic rings. The first-order chi connectivity index (χ1) is 8.08. The van der Waals surface area contributed by atoms with Gasteiger partial charge in [0.05, 0.1) is 9.90 Å². The van der Waals surface area contributed by atoms with Crippen molar-refractivity contribution >= 4 is 28.7 Å². The van der Waals surface area contributed by atoms with Crippen molar-refractivity contribution < 1.29 is 4.79 Å². The zero-order valence-electron chi connectivity index (χ0n) is 9.66. The number of hydrogen-bond acceptors (Lipinski definition) is 3. The molecule has 88 valence electrons. The van der Waals surface area contributed by atoms with Crippen LogP contribution in [0, 0.1) is 13.8 Å². The highest BCUT2D eigenvalue weighted by atomic mass is 35.5. The fourth-order valence-corrected chi connectivity index (χ4v) is 2.68. The van der Waals surface area contributed by atoms with E-state index in [-0.39, 0.29) is 5.78 Å². The number of hydrogen-bond donors (Lipinski definition) is 0. The standard InChI is InChI=1S/C13H12ClNOS/c1-8-5-13(17-9(8)2)12(16)6-10-3-4-15-7-11(10)14/h3-5,7H,6H2,1-2H3. The van der Waals surface area contributed by atoms with Crippen molar-refractivity contribution in [3.05, 3.63) is 50.4 Å². The summed E-state index contributed by atoms with van der Waals surface area (Å²) < 4.78 is 0. The van der Waals surface area contributed by atoms with Crippen molar-refractivity contribution in [1.29, 1.82) is 0 Å². The molecule has 0 atom stereocenters. The predicted molar refractivity (Wildman–Crippen MR) is 71.1 cm³/mol. The number of thiophene rings is 1. The van der Waals surface area contributed by atoms with Crippen LogP contribution in [0.25, 0.3) is 0 Å². The first kappa shape index (κ1) is 12.3. The van der Waals surface area contributed by atoms with Crippen LogP contribution in [0.1, 0.15) is 25.7 Å². The largest absolute Gasteiger partial charge is 0.293 e. The fourth-order valence-electron chi connectivity index (χ4n) is 1.52. The molecule has 4 heteroatoms. The smallest absolute Gasteiger partial charge is 0.177 e. The van der Waals surface area contributed by atoms with Gasteiger partial charge in [-0.15, -0.1) is 11.3 Å². The molecular weight excluding hydrogens is 254 g/mol. The van der Waals surface area contributed by atoms with Crippen LogP contribution >= 0.6 is 22.9 Å². The van der Waals surface area contributed by atoms with Gasteiger partial charge in [-0.2, -0.15) is 0 Å². The number of halogens is 1. The van der Waals surface area contributed by atoms with E-state index < -0.39 is 0 Å². The van der Waals surface area contributed by atoms with E-state index in [1.807, 2.05) is 19.9 Å². The minimum atomic E-state index is 0.110. The van der Waals surface area contributed by atoms with Gasteiger partial charge in [-0.3, -0.25) is 9.78 Å². The zero-order valence-corrected chi connectivity index (χ0v) is 11.2. The molecule has 0 saturated heterocycles. The molecule has 0 radical (unpaired) electrons. The Labute approximate surface area is 109 Å². The Morgan fingerprint density at radius 3 is 2.82 bits per heavy atom. The Kier molecular flexibility index (Phi) is 3.60. The third-order valence-electron chi connectivity index (χ3n) is 2.65. The van der Waals surface area contributed by atoms with E-state index in [4.69, 9.17) is 11.6 Å². The number of Topliss-reactive ketones (excluding diaryl/α,β-unsaturated/α-hetero) is 1. The summed E-state index contributed by atoms with van der Waals surface area (Å²) in [7, 11) is 0. The molecular formula is C13H12ClNOS. The molecule has 0 bridgehead atoms. The number of aromatic nitrogens is 1. The van der Waals surface area contributed by atoms with Crippen molar-refractivity contribution in [1.82, 2.24) is 4.98 Å². The summed E-state index contributed by atoms with van der Waals surface area (Å²) in [5.74, 6) is 0.110. The van der Waals surface area contributed by atoms with Gasteiger partial charge < -0.3 is 0 Å². The van der Waals surface area contributed by atoms with Gasteiger partial charge >= 0.3 is 0 Å². The van der Waals surface area contributed by atoms with Crippen LogP contribution < -0.4 is 0 Å². The molecule has 0 unspecified atom stereocenters. The summed E-state index contributed by atoms with van der Waals surface area (Å²) in [6.45, 7) is 4.04. The van der Waals surface area contributed by atoms with Crippen molar-refractivity contribution in [3.63, 3.8) is 0 Å². The summed E-state index contributed by atoms with van der Waals surface area (Å²) in [4.78, 5) is 18.0. The predicted octanol–water partition coefficient (Wildman–Crippen LogP) is 3.84. The second kappa shape index (κ2) is 4.98. The van der Waals surface area contributed by atoms with Gasteiger partial charge in [0.1, 0.15) is 0 Å². The minimum Gasteiger partial charge on any atom is -0.293 e. The highest BCUT2D eigenvalue weighted by molar-refractivity contribution is 7.14. The monoisotopic (exact) mass is 265 g/mol. The number of pyridine rings is 1. The van der Waals surface area contributed by atoms with Crippen LogP contribution in [-0.2, 0) is 6.42 Å². The second-order valence-electron chi connectivity index (χ2n) is 3.92. The van der Waals surface area contributed by atoms with Gasteiger partial charge in [0.15, 0.2) is 5.78 Å². The van der Waals surface area contributed by atoms with E-state index in [9.17, 15) is 4.79 Å².